The highest BCUT2D eigenvalue weighted by molar-refractivity contribution is 5.88. The Balaban J connectivity index is 1.45. The molecular weight excluding hydrogens is 360 g/mol. The number of carboxylic acids is 2. The van der Waals surface area contributed by atoms with Crippen molar-refractivity contribution in [1.29, 1.82) is 0 Å². The maximum absolute atomic E-state index is 10.8. The maximum Gasteiger partial charge on any atom is 0.335 e. The molecule has 0 spiro atoms. The number of hydrogen-bond donors (Lipinski definition) is 2. The maximum atomic E-state index is 10.8. The molecule has 0 aliphatic rings. The summed E-state index contributed by atoms with van der Waals surface area (Å²) in [6.07, 6.45) is 6.37. The molecule has 0 bridgehead atoms. The third kappa shape index (κ3) is 7.70. The molecule has 0 unspecified atom stereocenters. The highest BCUT2D eigenvalue weighted by Crippen LogP contribution is 2.15. The van der Waals surface area contributed by atoms with Crippen LogP contribution < -0.4 is 9.47 Å². The zero-order chi connectivity index (χ0) is 20.2. The lowest BCUT2D eigenvalue weighted by Gasteiger charge is -2.07. The van der Waals surface area contributed by atoms with Gasteiger partial charge in [-0.1, -0.05) is 25.7 Å². The van der Waals surface area contributed by atoms with Gasteiger partial charge in [0.1, 0.15) is 11.5 Å². The molecule has 28 heavy (non-hydrogen) atoms. The second-order valence-corrected chi connectivity index (χ2v) is 6.48. The van der Waals surface area contributed by atoms with Crippen LogP contribution in [0, 0.1) is 0 Å². The minimum Gasteiger partial charge on any atom is -0.494 e. The Morgan fingerprint density at radius 2 is 0.893 bits per heavy atom. The molecule has 0 saturated carbocycles. The SMILES string of the molecule is O=C(O)c1ccc(OCCCCCCCCOc2ccc(C(=O)O)cc2)cc1. The van der Waals surface area contributed by atoms with Crippen LogP contribution in [0.5, 0.6) is 11.5 Å². The van der Waals surface area contributed by atoms with Crippen LogP contribution in [0.4, 0.5) is 0 Å². The Morgan fingerprint density at radius 1 is 0.571 bits per heavy atom. The fourth-order valence-corrected chi connectivity index (χ4v) is 2.68. The van der Waals surface area contributed by atoms with E-state index in [4.69, 9.17) is 19.7 Å². The van der Waals surface area contributed by atoms with Crippen LogP contribution in [0.3, 0.4) is 0 Å². The zero-order valence-corrected chi connectivity index (χ0v) is 15.8. The van der Waals surface area contributed by atoms with Gasteiger partial charge in [-0.05, 0) is 61.4 Å². The van der Waals surface area contributed by atoms with E-state index in [1.807, 2.05) is 0 Å². The normalized spacial score (nSPS) is 10.4. The minimum absolute atomic E-state index is 0.258. The lowest BCUT2D eigenvalue weighted by atomic mass is 10.1. The standard InChI is InChI=1S/C22H26O6/c23-21(24)17-7-11-19(12-8-17)27-15-5-3-1-2-4-6-16-28-20-13-9-18(10-14-20)22(25)26/h7-14H,1-6,15-16H2,(H,23,24)(H,25,26). The van der Waals surface area contributed by atoms with Gasteiger partial charge in [0.15, 0.2) is 0 Å². The van der Waals surface area contributed by atoms with Crippen molar-refractivity contribution in [3.05, 3.63) is 59.7 Å². The van der Waals surface area contributed by atoms with E-state index < -0.39 is 11.9 Å². The molecule has 0 aromatic heterocycles. The van der Waals surface area contributed by atoms with E-state index in [1.54, 1.807) is 48.5 Å². The van der Waals surface area contributed by atoms with Crippen LogP contribution in [0.15, 0.2) is 48.5 Å². The fourth-order valence-electron chi connectivity index (χ4n) is 2.68. The summed E-state index contributed by atoms with van der Waals surface area (Å²) in [5.74, 6) is -0.488. The van der Waals surface area contributed by atoms with Crippen LogP contribution in [0.25, 0.3) is 0 Å². The highest BCUT2D eigenvalue weighted by atomic mass is 16.5. The molecule has 6 nitrogen and oxygen atoms in total. The van der Waals surface area contributed by atoms with Gasteiger partial charge in [-0.15, -0.1) is 0 Å². The van der Waals surface area contributed by atoms with Crippen molar-refractivity contribution in [3.63, 3.8) is 0 Å². The second-order valence-electron chi connectivity index (χ2n) is 6.48. The van der Waals surface area contributed by atoms with Gasteiger partial charge in [0, 0.05) is 0 Å². The first kappa shape index (κ1) is 21.3. The number of unbranched alkanes of at least 4 members (excludes halogenated alkanes) is 5. The van der Waals surface area contributed by atoms with Crippen molar-refractivity contribution in [1.82, 2.24) is 0 Å². The number of hydrogen-bond acceptors (Lipinski definition) is 4. The molecule has 0 aliphatic carbocycles. The molecule has 0 saturated heterocycles. The molecule has 150 valence electrons. The largest absolute Gasteiger partial charge is 0.494 e. The summed E-state index contributed by atoms with van der Waals surface area (Å²) in [7, 11) is 0. The third-order valence-electron chi connectivity index (χ3n) is 4.28. The van der Waals surface area contributed by atoms with Gasteiger partial charge < -0.3 is 19.7 Å². The minimum atomic E-state index is -0.937. The Morgan fingerprint density at radius 3 is 1.21 bits per heavy atom. The van der Waals surface area contributed by atoms with Gasteiger partial charge in [0.25, 0.3) is 0 Å². The molecular formula is C22H26O6. The van der Waals surface area contributed by atoms with E-state index in [0.717, 1.165) is 38.5 Å². The quantitative estimate of drug-likeness (QED) is 0.477. The number of benzene rings is 2. The van der Waals surface area contributed by atoms with Crippen molar-refractivity contribution in [2.45, 2.75) is 38.5 Å². The summed E-state index contributed by atoms with van der Waals surface area (Å²) < 4.78 is 11.2. The summed E-state index contributed by atoms with van der Waals surface area (Å²) in [5, 5.41) is 17.7. The van der Waals surface area contributed by atoms with E-state index in [-0.39, 0.29) is 11.1 Å². The first-order chi connectivity index (χ1) is 13.6. The molecule has 2 N–H and O–H groups in total. The number of carboxylic acid groups (broad SMARTS) is 2. The van der Waals surface area contributed by atoms with Gasteiger partial charge in [-0.3, -0.25) is 0 Å². The molecule has 0 amide bonds. The zero-order valence-electron chi connectivity index (χ0n) is 15.8. The van der Waals surface area contributed by atoms with E-state index in [1.165, 1.54) is 0 Å². The first-order valence-electron chi connectivity index (χ1n) is 9.48. The Bertz CT molecular complexity index is 671. The van der Waals surface area contributed by atoms with Crippen LogP contribution in [0.2, 0.25) is 0 Å². The predicted octanol–water partition coefficient (Wildman–Crippen LogP) is 4.88. The molecule has 2 aromatic rings. The summed E-state index contributed by atoms with van der Waals surface area (Å²) in [4.78, 5) is 21.6. The van der Waals surface area contributed by atoms with Gasteiger partial charge in [0.05, 0.1) is 24.3 Å². The molecule has 2 rings (SSSR count). The number of ether oxygens (including phenoxy) is 2. The van der Waals surface area contributed by atoms with Crippen molar-refractivity contribution in [3.8, 4) is 11.5 Å². The van der Waals surface area contributed by atoms with Crippen LogP contribution in [0.1, 0.15) is 59.2 Å². The van der Waals surface area contributed by atoms with E-state index >= 15 is 0 Å². The van der Waals surface area contributed by atoms with E-state index in [0.29, 0.717) is 24.7 Å². The van der Waals surface area contributed by atoms with Crippen LogP contribution >= 0.6 is 0 Å². The van der Waals surface area contributed by atoms with E-state index in [2.05, 4.69) is 0 Å². The molecule has 0 heterocycles. The predicted molar refractivity (Wildman–Crippen MR) is 105 cm³/mol. The Labute approximate surface area is 164 Å². The Hall–Kier alpha value is -3.02. The Kier molecular flexibility index (Phi) is 8.85. The monoisotopic (exact) mass is 386 g/mol. The van der Waals surface area contributed by atoms with Crippen molar-refractivity contribution >= 4 is 11.9 Å². The topological polar surface area (TPSA) is 93.1 Å². The summed E-state index contributed by atoms with van der Waals surface area (Å²) >= 11 is 0. The second kappa shape index (κ2) is 11.6. The first-order valence-corrected chi connectivity index (χ1v) is 9.48. The van der Waals surface area contributed by atoms with Gasteiger partial charge >= 0.3 is 11.9 Å². The number of aromatic carboxylic acids is 2. The average molecular weight is 386 g/mol. The van der Waals surface area contributed by atoms with Gasteiger partial charge in [-0.2, -0.15) is 0 Å². The van der Waals surface area contributed by atoms with Gasteiger partial charge in [0.2, 0.25) is 0 Å². The van der Waals surface area contributed by atoms with Crippen LogP contribution in [-0.2, 0) is 0 Å². The summed E-state index contributed by atoms with van der Waals surface area (Å²) in [6, 6.07) is 12.9. The summed E-state index contributed by atoms with van der Waals surface area (Å²) in [6.45, 7) is 1.25. The highest BCUT2D eigenvalue weighted by Gasteiger charge is 2.03. The molecule has 0 aliphatic heterocycles. The third-order valence-corrected chi connectivity index (χ3v) is 4.28. The number of rotatable bonds is 13. The molecule has 6 heteroatoms. The van der Waals surface area contributed by atoms with Crippen LogP contribution in [-0.4, -0.2) is 35.4 Å². The van der Waals surface area contributed by atoms with Crippen molar-refractivity contribution in [2.75, 3.05) is 13.2 Å². The lowest BCUT2D eigenvalue weighted by Crippen LogP contribution is -2.00. The summed E-state index contributed by atoms with van der Waals surface area (Å²) in [5.41, 5.74) is 0.516. The molecule has 2 aromatic carbocycles. The van der Waals surface area contributed by atoms with Crippen molar-refractivity contribution < 1.29 is 29.3 Å². The van der Waals surface area contributed by atoms with Crippen molar-refractivity contribution in [2.24, 2.45) is 0 Å². The fraction of sp³-hybridized carbons (Fsp3) is 0.364. The molecule has 0 atom stereocenters. The van der Waals surface area contributed by atoms with E-state index in [9.17, 15) is 9.59 Å². The average Bonchev–Trinajstić information content (AvgIpc) is 2.70. The van der Waals surface area contributed by atoms with Gasteiger partial charge in [-0.25, -0.2) is 9.59 Å². The smallest absolute Gasteiger partial charge is 0.335 e. The molecule has 0 fully saturated rings. The number of carbonyl (C=O) groups is 2. The lowest BCUT2D eigenvalue weighted by molar-refractivity contribution is 0.0686. The molecule has 0 radical (unpaired) electrons.